The van der Waals surface area contributed by atoms with E-state index in [4.69, 9.17) is 9.15 Å². The van der Waals surface area contributed by atoms with Crippen molar-refractivity contribution in [3.8, 4) is 5.75 Å². The summed E-state index contributed by atoms with van der Waals surface area (Å²) in [6, 6.07) is 8.05. The summed E-state index contributed by atoms with van der Waals surface area (Å²) in [5, 5.41) is 0. The molecule has 0 aliphatic carbocycles. The highest BCUT2D eigenvalue weighted by Gasteiger charge is 2.27. The SMILES string of the molecule is Cc1ccc(OCC2CCCN(C(=O)c3ncoc3C)C2)cc1. The van der Waals surface area contributed by atoms with E-state index in [0.717, 1.165) is 25.1 Å². The van der Waals surface area contributed by atoms with Crippen LogP contribution >= 0.6 is 0 Å². The molecule has 0 bridgehead atoms. The number of ether oxygens (including phenoxy) is 1. The lowest BCUT2D eigenvalue weighted by Gasteiger charge is -2.32. The van der Waals surface area contributed by atoms with Crippen LogP contribution in [0.2, 0.25) is 0 Å². The second-order valence-corrected chi connectivity index (χ2v) is 6.14. The van der Waals surface area contributed by atoms with Crippen molar-refractivity contribution in [3.05, 3.63) is 47.7 Å². The first kappa shape index (κ1) is 15.6. The van der Waals surface area contributed by atoms with E-state index in [-0.39, 0.29) is 5.91 Å². The molecule has 1 aromatic carbocycles. The van der Waals surface area contributed by atoms with Gasteiger partial charge in [0.05, 0.1) is 6.61 Å². The third kappa shape index (κ3) is 3.73. The summed E-state index contributed by atoms with van der Waals surface area (Å²) in [6.45, 7) is 5.93. The summed E-state index contributed by atoms with van der Waals surface area (Å²) in [6.07, 6.45) is 3.39. The number of carbonyl (C=O) groups is 1. The molecule has 0 N–H and O–H groups in total. The molecule has 23 heavy (non-hydrogen) atoms. The van der Waals surface area contributed by atoms with Gasteiger partial charge in [-0.3, -0.25) is 4.79 Å². The Bertz CT molecular complexity index is 663. The fourth-order valence-corrected chi connectivity index (χ4v) is 2.89. The monoisotopic (exact) mass is 314 g/mol. The van der Waals surface area contributed by atoms with Crippen LogP contribution < -0.4 is 4.74 Å². The van der Waals surface area contributed by atoms with E-state index >= 15 is 0 Å². The molecule has 0 radical (unpaired) electrons. The third-order valence-corrected chi connectivity index (χ3v) is 4.26. The summed E-state index contributed by atoms with van der Waals surface area (Å²) in [7, 11) is 0. The highest BCUT2D eigenvalue weighted by molar-refractivity contribution is 5.93. The van der Waals surface area contributed by atoms with Crippen molar-refractivity contribution in [2.75, 3.05) is 19.7 Å². The van der Waals surface area contributed by atoms with Gasteiger partial charge < -0.3 is 14.1 Å². The number of hydrogen-bond donors (Lipinski definition) is 0. The van der Waals surface area contributed by atoms with Crippen LogP contribution in [0.1, 0.15) is 34.7 Å². The molecule has 1 aliphatic heterocycles. The van der Waals surface area contributed by atoms with E-state index in [1.165, 1.54) is 12.0 Å². The summed E-state index contributed by atoms with van der Waals surface area (Å²) in [5.74, 6) is 1.76. The number of likely N-dealkylation sites (tertiary alicyclic amines) is 1. The first-order chi connectivity index (χ1) is 11.1. The van der Waals surface area contributed by atoms with Gasteiger partial charge in [0.15, 0.2) is 12.1 Å². The minimum Gasteiger partial charge on any atom is -0.493 e. The Hall–Kier alpha value is -2.30. The third-order valence-electron chi connectivity index (χ3n) is 4.26. The largest absolute Gasteiger partial charge is 0.493 e. The molecular weight excluding hydrogens is 292 g/mol. The number of carbonyl (C=O) groups excluding carboxylic acids is 1. The normalized spacial score (nSPS) is 18.0. The molecule has 3 rings (SSSR count). The number of aromatic nitrogens is 1. The van der Waals surface area contributed by atoms with Gasteiger partial charge in [-0.05, 0) is 38.8 Å². The molecule has 1 fully saturated rings. The van der Waals surface area contributed by atoms with E-state index in [0.29, 0.717) is 30.5 Å². The molecule has 122 valence electrons. The van der Waals surface area contributed by atoms with Gasteiger partial charge in [-0.2, -0.15) is 0 Å². The van der Waals surface area contributed by atoms with Gasteiger partial charge >= 0.3 is 0 Å². The van der Waals surface area contributed by atoms with Crippen molar-refractivity contribution >= 4 is 5.91 Å². The van der Waals surface area contributed by atoms with Crippen LogP contribution in [0.3, 0.4) is 0 Å². The molecule has 0 spiro atoms. The van der Waals surface area contributed by atoms with Gasteiger partial charge in [0.25, 0.3) is 5.91 Å². The second-order valence-electron chi connectivity index (χ2n) is 6.14. The Morgan fingerprint density at radius 2 is 2.13 bits per heavy atom. The highest BCUT2D eigenvalue weighted by atomic mass is 16.5. The Morgan fingerprint density at radius 1 is 1.35 bits per heavy atom. The number of amides is 1. The van der Waals surface area contributed by atoms with E-state index < -0.39 is 0 Å². The molecule has 5 heteroatoms. The predicted molar refractivity (Wildman–Crippen MR) is 86.5 cm³/mol. The lowest BCUT2D eigenvalue weighted by atomic mass is 9.98. The van der Waals surface area contributed by atoms with Crippen LogP contribution in [-0.4, -0.2) is 35.5 Å². The molecule has 2 heterocycles. The zero-order valence-corrected chi connectivity index (χ0v) is 13.6. The fourth-order valence-electron chi connectivity index (χ4n) is 2.89. The number of hydrogen-bond acceptors (Lipinski definition) is 4. The summed E-state index contributed by atoms with van der Waals surface area (Å²) >= 11 is 0. The molecule has 5 nitrogen and oxygen atoms in total. The molecule has 1 aliphatic rings. The van der Waals surface area contributed by atoms with E-state index in [1.807, 2.05) is 29.2 Å². The zero-order chi connectivity index (χ0) is 16.2. The average Bonchev–Trinajstić information content (AvgIpc) is 3.00. The first-order valence-electron chi connectivity index (χ1n) is 8.02. The molecule has 1 saturated heterocycles. The van der Waals surface area contributed by atoms with Crippen LogP contribution in [-0.2, 0) is 0 Å². The number of oxazole rings is 1. The van der Waals surface area contributed by atoms with Crippen LogP contribution in [0.25, 0.3) is 0 Å². The maximum Gasteiger partial charge on any atom is 0.276 e. The second kappa shape index (κ2) is 6.86. The maximum absolute atomic E-state index is 12.5. The molecule has 1 unspecified atom stereocenters. The summed E-state index contributed by atoms with van der Waals surface area (Å²) in [5.41, 5.74) is 1.64. The molecule has 1 amide bonds. The summed E-state index contributed by atoms with van der Waals surface area (Å²) < 4.78 is 11.0. The quantitative estimate of drug-likeness (QED) is 0.869. The highest BCUT2D eigenvalue weighted by Crippen LogP contribution is 2.21. The molecule has 1 atom stereocenters. The van der Waals surface area contributed by atoms with E-state index in [9.17, 15) is 4.79 Å². The van der Waals surface area contributed by atoms with Crippen molar-refractivity contribution in [1.82, 2.24) is 9.88 Å². The van der Waals surface area contributed by atoms with Gasteiger partial charge in [-0.25, -0.2) is 4.98 Å². The molecular formula is C18H22N2O3. The molecule has 0 saturated carbocycles. The Kier molecular flexibility index (Phi) is 4.65. The zero-order valence-electron chi connectivity index (χ0n) is 13.6. The van der Waals surface area contributed by atoms with Crippen molar-refractivity contribution in [2.45, 2.75) is 26.7 Å². The number of piperidine rings is 1. The fraction of sp³-hybridized carbons (Fsp3) is 0.444. The van der Waals surface area contributed by atoms with Crippen molar-refractivity contribution in [1.29, 1.82) is 0 Å². The lowest BCUT2D eigenvalue weighted by molar-refractivity contribution is 0.0626. The average molecular weight is 314 g/mol. The van der Waals surface area contributed by atoms with Crippen molar-refractivity contribution in [3.63, 3.8) is 0 Å². The predicted octanol–water partition coefficient (Wildman–Crippen LogP) is 3.22. The first-order valence-corrected chi connectivity index (χ1v) is 8.02. The van der Waals surface area contributed by atoms with Gasteiger partial charge in [0.1, 0.15) is 11.5 Å². The van der Waals surface area contributed by atoms with Crippen LogP contribution in [0, 0.1) is 19.8 Å². The standard InChI is InChI=1S/C18H22N2O3/c1-13-5-7-16(8-6-13)22-11-15-4-3-9-20(10-15)18(21)17-14(2)23-12-19-17/h5-8,12,15H,3-4,9-11H2,1-2H3. The number of nitrogens with zero attached hydrogens (tertiary/aromatic N) is 2. The molecule has 2 aromatic rings. The Balaban J connectivity index is 1.57. The number of aryl methyl sites for hydroxylation is 2. The minimum absolute atomic E-state index is 0.0451. The van der Waals surface area contributed by atoms with Crippen LogP contribution in [0.15, 0.2) is 35.1 Å². The smallest absolute Gasteiger partial charge is 0.276 e. The van der Waals surface area contributed by atoms with Gasteiger partial charge in [0, 0.05) is 19.0 Å². The van der Waals surface area contributed by atoms with Gasteiger partial charge in [-0.1, -0.05) is 17.7 Å². The maximum atomic E-state index is 12.5. The van der Waals surface area contributed by atoms with Crippen LogP contribution in [0.4, 0.5) is 0 Å². The van der Waals surface area contributed by atoms with Crippen molar-refractivity contribution in [2.24, 2.45) is 5.92 Å². The van der Waals surface area contributed by atoms with Gasteiger partial charge in [0.2, 0.25) is 0 Å². The Labute approximate surface area is 136 Å². The van der Waals surface area contributed by atoms with E-state index in [1.54, 1.807) is 6.92 Å². The number of rotatable bonds is 4. The lowest BCUT2D eigenvalue weighted by Crippen LogP contribution is -2.41. The minimum atomic E-state index is -0.0451. The Morgan fingerprint density at radius 3 is 2.83 bits per heavy atom. The summed E-state index contributed by atoms with van der Waals surface area (Å²) in [4.78, 5) is 18.4. The number of benzene rings is 1. The van der Waals surface area contributed by atoms with Crippen LogP contribution in [0.5, 0.6) is 5.75 Å². The van der Waals surface area contributed by atoms with E-state index in [2.05, 4.69) is 11.9 Å². The molecule has 1 aromatic heterocycles. The topological polar surface area (TPSA) is 55.6 Å². The van der Waals surface area contributed by atoms with Gasteiger partial charge in [-0.15, -0.1) is 0 Å². The van der Waals surface area contributed by atoms with Crippen molar-refractivity contribution < 1.29 is 13.9 Å².